The second-order valence-corrected chi connectivity index (χ2v) is 4.48. The first-order valence-electron chi connectivity index (χ1n) is 6.45. The van der Waals surface area contributed by atoms with E-state index in [-0.39, 0.29) is 18.0 Å². The maximum Gasteiger partial charge on any atom is 0.269 e. The second-order valence-electron chi connectivity index (χ2n) is 4.48. The molecule has 2 N–H and O–H groups in total. The summed E-state index contributed by atoms with van der Waals surface area (Å²) in [7, 11) is 0. The number of hydrogen-bond acceptors (Lipinski definition) is 4. The van der Waals surface area contributed by atoms with Gasteiger partial charge < -0.3 is 10.5 Å². The van der Waals surface area contributed by atoms with E-state index >= 15 is 0 Å². The first-order chi connectivity index (χ1) is 10.1. The van der Waals surface area contributed by atoms with E-state index in [1.165, 1.54) is 18.2 Å². The highest BCUT2D eigenvalue weighted by molar-refractivity contribution is 5.36. The van der Waals surface area contributed by atoms with Crippen LogP contribution in [0.25, 0.3) is 0 Å². The van der Waals surface area contributed by atoms with Gasteiger partial charge in [0.05, 0.1) is 4.92 Å². The van der Waals surface area contributed by atoms with Crippen LogP contribution >= 0.6 is 0 Å². The molecule has 0 fully saturated rings. The van der Waals surface area contributed by atoms with Crippen LogP contribution in [-0.2, 0) is 13.0 Å². The largest absolute Gasteiger partial charge is 0.486 e. The summed E-state index contributed by atoms with van der Waals surface area (Å²) in [5, 5.41) is 10.6. The van der Waals surface area contributed by atoms with E-state index in [2.05, 4.69) is 0 Å². The van der Waals surface area contributed by atoms with E-state index < -0.39 is 10.7 Å². The van der Waals surface area contributed by atoms with Crippen molar-refractivity contribution in [3.8, 4) is 5.75 Å². The highest BCUT2D eigenvalue weighted by Gasteiger charge is 2.10. The summed E-state index contributed by atoms with van der Waals surface area (Å²) in [5.41, 5.74) is 6.93. The van der Waals surface area contributed by atoms with Gasteiger partial charge in [0.2, 0.25) is 0 Å². The highest BCUT2D eigenvalue weighted by Crippen LogP contribution is 2.24. The van der Waals surface area contributed by atoms with Crippen molar-refractivity contribution >= 4 is 5.69 Å². The molecular weight excluding hydrogens is 275 g/mol. The Labute approximate surface area is 121 Å². The SMILES string of the molecule is NCCc1cccc(F)c1OCc1ccc([N+](=O)[O-])cc1. The van der Waals surface area contributed by atoms with Crippen molar-refractivity contribution in [2.24, 2.45) is 5.73 Å². The molecule has 0 aromatic heterocycles. The third-order valence-electron chi connectivity index (χ3n) is 2.99. The van der Waals surface area contributed by atoms with Crippen LogP contribution < -0.4 is 10.5 Å². The highest BCUT2D eigenvalue weighted by atomic mass is 19.1. The van der Waals surface area contributed by atoms with E-state index in [1.807, 2.05) is 0 Å². The first kappa shape index (κ1) is 14.9. The molecule has 5 nitrogen and oxygen atoms in total. The molecule has 0 heterocycles. The molecule has 2 aromatic carbocycles. The van der Waals surface area contributed by atoms with Gasteiger partial charge >= 0.3 is 0 Å². The standard InChI is InChI=1S/C15H15FN2O3/c16-14-3-1-2-12(8-9-17)15(14)21-10-11-4-6-13(7-5-11)18(19)20/h1-7H,8-10,17H2. The van der Waals surface area contributed by atoms with Crippen LogP contribution in [-0.4, -0.2) is 11.5 Å². The van der Waals surface area contributed by atoms with Crippen LogP contribution in [0.4, 0.5) is 10.1 Å². The zero-order chi connectivity index (χ0) is 15.2. The van der Waals surface area contributed by atoms with Crippen molar-refractivity contribution in [2.45, 2.75) is 13.0 Å². The lowest BCUT2D eigenvalue weighted by Gasteiger charge is -2.12. The van der Waals surface area contributed by atoms with Crippen LogP contribution in [0, 0.1) is 15.9 Å². The maximum atomic E-state index is 13.8. The average molecular weight is 290 g/mol. The van der Waals surface area contributed by atoms with Crippen LogP contribution in [0.2, 0.25) is 0 Å². The second kappa shape index (κ2) is 6.81. The average Bonchev–Trinajstić information content (AvgIpc) is 2.47. The molecular formula is C15H15FN2O3. The molecule has 110 valence electrons. The van der Waals surface area contributed by atoms with Crippen molar-refractivity contribution in [1.29, 1.82) is 0 Å². The maximum absolute atomic E-state index is 13.8. The molecule has 0 saturated carbocycles. The summed E-state index contributed by atoms with van der Waals surface area (Å²) in [6.07, 6.45) is 0.521. The van der Waals surface area contributed by atoms with Crippen LogP contribution in [0.15, 0.2) is 42.5 Å². The van der Waals surface area contributed by atoms with Gasteiger partial charge in [0.15, 0.2) is 11.6 Å². The number of rotatable bonds is 6. The van der Waals surface area contributed by atoms with Gasteiger partial charge in [-0.1, -0.05) is 12.1 Å². The third kappa shape index (κ3) is 3.76. The lowest BCUT2D eigenvalue weighted by atomic mass is 10.1. The number of non-ortho nitro benzene ring substituents is 1. The Kier molecular flexibility index (Phi) is 4.84. The van der Waals surface area contributed by atoms with Gasteiger partial charge in [-0.15, -0.1) is 0 Å². The van der Waals surface area contributed by atoms with E-state index in [9.17, 15) is 14.5 Å². The predicted molar refractivity (Wildman–Crippen MR) is 76.6 cm³/mol. The number of nitro benzene ring substituents is 1. The molecule has 21 heavy (non-hydrogen) atoms. The quantitative estimate of drug-likeness (QED) is 0.655. The Hall–Kier alpha value is -2.47. The molecule has 0 saturated heterocycles. The van der Waals surface area contributed by atoms with Crippen LogP contribution in [0.3, 0.4) is 0 Å². The lowest BCUT2D eigenvalue weighted by Crippen LogP contribution is -2.06. The molecule has 0 aliphatic heterocycles. The third-order valence-corrected chi connectivity index (χ3v) is 2.99. The number of ether oxygens (including phenoxy) is 1. The Morgan fingerprint density at radius 3 is 2.52 bits per heavy atom. The zero-order valence-electron chi connectivity index (χ0n) is 11.3. The lowest BCUT2D eigenvalue weighted by molar-refractivity contribution is -0.384. The molecule has 2 rings (SSSR count). The van der Waals surface area contributed by atoms with Crippen molar-refractivity contribution in [3.05, 3.63) is 69.5 Å². The van der Waals surface area contributed by atoms with Gasteiger partial charge in [-0.05, 0) is 42.3 Å². The number of para-hydroxylation sites is 1. The molecule has 0 bridgehead atoms. The van der Waals surface area contributed by atoms with Crippen molar-refractivity contribution < 1.29 is 14.1 Å². The van der Waals surface area contributed by atoms with Gasteiger partial charge in [0.1, 0.15) is 6.61 Å². The smallest absolute Gasteiger partial charge is 0.269 e. The summed E-state index contributed by atoms with van der Waals surface area (Å²) in [6.45, 7) is 0.536. The fraction of sp³-hybridized carbons (Fsp3) is 0.200. The molecule has 0 amide bonds. The molecule has 0 aliphatic rings. The molecule has 0 spiro atoms. The predicted octanol–water partition coefficient (Wildman–Crippen LogP) is 2.81. The van der Waals surface area contributed by atoms with Gasteiger partial charge in [-0.3, -0.25) is 10.1 Å². The minimum atomic E-state index is -0.471. The molecule has 6 heteroatoms. The Balaban J connectivity index is 2.10. The minimum absolute atomic E-state index is 0.00784. The molecule has 2 aromatic rings. The van der Waals surface area contributed by atoms with Gasteiger partial charge in [-0.2, -0.15) is 0 Å². The van der Waals surface area contributed by atoms with Crippen LogP contribution in [0.1, 0.15) is 11.1 Å². The van der Waals surface area contributed by atoms with Crippen molar-refractivity contribution in [3.63, 3.8) is 0 Å². The number of halogens is 1. The van der Waals surface area contributed by atoms with Crippen molar-refractivity contribution in [2.75, 3.05) is 6.54 Å². The molecule has 0 unspecified atom stereocenters. The van der Waals surface area contributed by atoms with E-state index in [1.54, 1.807) is 24.3 Å². The van der Waals surface area contributed by atoms with E-state index in [0.29, 0.717) is 18.5 Å². The Morgan fingerprint density at radius 2 is 1.90 bits per heavy atom. The summed E-state index contributed by atoms with van der Waals surface area (Å²) in [6, 6.07) is 10.6. The number of nitrogens with two attached hydrogens (primary N) is 1. The topological polar surface area (TPSA) is 78.4 Å². The fourth-order valence-corrected chi connectivity index (χ4v) is 1.94. The zero-order valence-corrected chi connectivity index (χ0v) is 11.3. The van der Waals surface area contributed by atoms with Gasteiger partial charge in [0, 0.05) is 12.1 Å². The van der Waals surface area contributed by atoms with E-state index in [0.717, 1.165) is 5.56 Å². The summed E-state index contributed by atoms with van der Waals surface area (Å²) in [4.78, 5) is 10.1. The summed E-state index contributed by atoms with van der Waals surface area (Å²) < 4.78 is 19.3. The first-order valence-corrected chi connectivity index (χ1v) is 6.45. The van der Waals surface area contributed by atoms with Crippen LogP contribution in [0.5, 0.6) is 5.75 Å². The number of nitro groups is 1. The Bertz CT molecular complexity index is 629. The fourth-order valence-electron chi connectivity index (χ4n) is 1.94. The molecule has 0 aliphatic carbocycles. The molecule has 0 atom stereocenters. The summed E-state index contributed by atoms with van der Waals surface area (Å²) >= 11 is 0. The van der Waals surface area contributed by atoms with Gasteiger partial charge in [-0.25, -0.2) is 4.39 Å². The number of nitrogens with zero attached hydrogens (tertiary/aromatic N) is 1. The van der Waals surface area contributed by atoms with E-state index in [4.69, 9.17) is 10.5 Å². The minimum Gasteiger partial charge on any atom is -0.486 e. The normalized spacial score (nSPS) is 10.4. The number of benzene rings is 2. The summed E-state index contributed by atoms with van der Waals surface area (Å²) in [5.74, 6) is -0.260. The van der Waals surface area contributed by atoms with Gasteiger partial charge in [0.25, 0.3) is 5.69 Å². The van der Waals surface area contributed by atoms with Crippen molar-refractivity contribution in [1.82, 2.24) is 0 Å². The number of hydrogen-bond donors (Lipinski definition) is 1. The monoisotopic (exact) mass is 290 g/mol. The Morgan fingerprint density at radius 1 is 1.19 bits per heavy atom. The molecule has 0 radical (unpaired) electrons.